The molecule has 1 saturated heterocycles. The van der Waals surface area contributed by atoms with Gasteiger partial charge in [0.15, 0.2) is 0 Å². The summed E-state index contributed by atoms with van der Waals surface area (Å²) < 4.78 is 13.3. The van der Waals surface area contributed by atoms with Crippen molar-refractivity contribution in [1.82, 2.24) is 15.2 Å². The Labute approximate surface area is 124 Å². The number of nitrogens with zero attached hydrogens (tertiary/aromatic N) is 2. The molecule has 0 bridgehead atoms. The molecular formula is C15H23FN4O. The molecule has 1 aromatic rings. The Morgan fingerprint density at radius 3 is 2.76 bits per heavy atom. The van der Waals surface area contributed by atoms with E-state index in [0.29, 0.717) is 12.4 Å². The molecule has 0 aromatic carbocycles. The van der Waals surface area contributed by atoms with Gasteiger partial charge in [-0.05, 0) is 44.5 Å². The molecule has 1 amide bonds. The zero-order valence-electron chi connectivity index (χ0n) is 12.9. The average Bonchev–Trinajstić information content (AvgIpc) is 2.48. The molecule has 116 valence electrons. The van der Waals surface area contributed by atoms with E-state index in [2.05, 4.69) is 34.5 Å². The van der Waals surface area contributed by atoms with Crippen molar-refractivity contribution in [3.8, 4) is 0 Å². The van der Waals surface area contributed by atoms with Crippen LogP contribution in [-0.2, 0) is 0 Å². The highest BCUT2D eigenvalue weighted by Gasteiger charge is 2.29. The summed E-state index contributed by atoms with van der Waals surface area (Å²) in [4.78, 5) is 18.4. The molecule has 21 heavy (non-hydrogen) atoms. The van der Waals surface area contributed by atoms with Crippen molar-refractivity contribution in [1.29, 1.82) is 0 Å². The van der Waals surface area contributed by atoms with Gasteiger partial charge in [0.25, 0.3) is 5.91 Å². The highest BCUT2D eigenvalue weighted by atomic mass is 19.1. The molecule has 0 atom stereocenters. The largest absolute Gasteiger partial charge is 0.372 e. The first kappa shape index (κ1) is 15.7. The van der Waals surface area contributed by atoms with Crippen LogP contribution in [0.15, 0.2) is 12.3 Å². The van der Waals surface area contributed by atoms with Crippen LogP contribution in [0.2, 0.25) is 0 Å². The van der Waals surface area contributed by atoms with Crippen molar-refractivity contribution in [3.63, 3.8) is 0 Å². The highest BCUT2D eigenvalue weighted by Crippen LogP contribution is 2.29. The van der Waals surface area contributed by atoms with Crippen LogP contribution in [-0.4, -0.2) is 49.5 Å². The molecule has 1 aliphatic rings. The molecule has 2 N–H and O–H groups in total. The first-order chi connectivity index (χ1) is 9.93. The fourth-order valence-corrected chi connectivity index (χ4v) is 2.54. The lowest BCUT2D eigenvalue weighted by atomic mass is 9.80. The van der Waals surface area contributed by atoms with Gasteiger partial charge in [0.1, 0.15) is 11.6 Å². The summed E-state index contributed by atoms with van der Waals surface area (Å²) in [6, 6.07) is 1.21. The van der Waals surface area contributed by atoms with E-state index in [4.69, 9.17) is 0 Å². The quantitative estimate of drug-likeness (QED) is 0.888. The molecule has 2 heterocycles. The Hall–Kier alpha value is -1.69. The number of likely N-dealkylation sites (tertiary alicyclic amines) is 1. The van der Waals surface area contributed by atoms with Gasteiger partial charge in [-0.2, -0.15) is 0 Å². The molecule has 5 nitrogen and oxygen atoms in total. The first-order valence-corrected chi connectivity index (χ1v) is 7.23. The van der Waals surface area contributed by atoms with Crippen LogP contribution in [0.25, 0.3) is 0 Å². The Balaban J connectivity index is 2.00. The van der Waals surface area contributed by atoms with Crippen LogP contribution in [0.5, 0.6) is 0 Å². The van der Waals surface area contributed by atoms with Crippen molar-refractivity contribution < 1.29 is 9.18 Å². The van der Waals surface area contributed by atoms with E-state index in [1.807, 2.05) is 0 Å². The van der Waals surface area contributed by atoms with Crippen molar-refractivity contribution in [2.24, 2.45) is 5.41 Å². The number of hydrogen-bond acceptors (Lipinski definition) is 4. The molecule has 6 heteroatoms. The number of amides is 1. The van der Waals surface area contributed by atoms with E-state index in [9.17, 15) is 9.18 Å². The maximum atomic E-state index is 13.3. The third-order valence-electron chi connectivity index (χ3n) is 4.21. The summed E-state index contributed by atoms with van der Waals surface area (Å²) >= 11 is 0. The first-order valence-electron chi connectivity index (χ1n) is 7.23. The second-order valence-corrected chi connectivity index (χ2v) is 6.10. The van der Waals surface area contributed by atoms with Gasteiger partial charge in [-0.15, -0.1) is 0 Å². The van der Waals surface area contributed by atoms with Gasteiger partial charge in [0.2, 0.25) is 0 Å². The smallest absolute Gasteiger partial charge is 0.255 e. The Morgan fingerprint density at radius 1 is 1.48 bits per heavy atom. The van der Waals surface area contributed by atoms with E-state index in [0.717, 1.165) is 32.1 Å². The molecule has 0 radical (unpaired) electrons. The summed E-state index contributed by atoms with van der Waals surface area (Å²) in [5.74, 6) is -0.404. The summed E-state index contributed by atoms with van der Waals surface area (Å²) in [7, 11) is 3.77. The van der Waals surface area contributed by atoms with Gasteiger partial charge in [0, 0.05) is 13.6 Å². The minimum atomic E-state index is -0.510. The van der Waals surface area contributed by atoms with Gasteiger partial charge in [-0.1, -0.05) is 6.92 Å². The predicted molar refractivity (Wildman–Crippen MR) is 80.9 cm³/mol. The lowest BCUT2D eigenvalue weighted by Crippen LogP contribution is -2.43. The summed E-state index contributed by atoms with van der Waals surface area (Å²) in [5, 5.41) is 5.73. The van der Waals surface area contributed by atoms with Gasteiger partial charge >= 0.3 is 0 Å². The Kier molecular flexibility index (Phi) is 4.77. The van der Waals surface area contributed by atoms with Gasteiger partial charge in [0.05, 0.1) is 11.8 Å². The van der Waals surface area contributed by atoms with Gasteiger partial charge < -0.3 is 15.5 Å². The average molecular weight is 294 g/mol. The molecule has 1 fully saturated rings. The number of hydrogen-bond donors (Lipinski definition) is 2. The van der Waals surface area contributed by atoms with Crippen LogP contribution in [0, 0.1) is 11.2 Å². The molecular weight excluding hydrogens is 271 g/mol. The number of anilines is 1. The lowest BCUT2D eigenvalue weighted by Gasteiger charge is -2.38. The van der Waals surface area contributed by atoms with E-state index in [1.165, 1.54) is 6.07 Å². The van der Waals surface area contributed by atoms with Crippen molar-refractivity contribution in [2.45, 2.75) is 19.8 Å². The van der Waals surface area contributed by atoms with Crippen LogP contribution in [0.4, 0.5) is 10.2 Å². The SMILES string of the molecule is CNc1ncc(F)cc1C(=O)NCC1(C)CCN(C)CC1. The fraction of sp³-hybridized carbons (Fsp3) is 0.600. The summed E-state index contributed by atoms with van der Waals surface area (Å²) in [5.41, 5.74) is 0.344. The van der Waals surface area contributed by atoms with E-state index in [-0.39, 0.29) is 16.9 Å². The number of aromatic nitrogens is 1. The number of halogens is 1. The second kappa shape index (κ2) is 6.39. The van der Waals surface area contributed by atoms with Crippen LogP contribution >= 0.6 is 0 Å². The van der Waals surface area contributed by atoms with Crippen molar-refractivity contribution >= 4 is 11.7 Å². The number of piperidine rings is 1. The zero-order chi connectivity index (χ0) is 15.5. The molecule has 0 aliphatic carbocycles. The van der Waals surface area contributed by atoms with E-state index in [1.54, 1.807) is 7.05 Å². The summed E-state index contributed by atoms with van der Waals surface area (Å²) in [6.45, 7) is 4.85. The van der Waals surface area contributed by atoms with Crippen LogP contribution < -0.4 is 10.6 Å². The number of carbonyl (C=O) groups excluding carboxylic acids is 1. The fourth-order valence-electron chi connectivity index (χ4n) is 2.54. The van der Waals surface area contributed by atoms with Gasteiger partial charge in [-0.3, -0.25) is 4.79 Å². The Bertz CT molecular complexity index is 512. The maximum absolute atomic E-state index is 13.3. The van der Waals surface area contributed by atoms with Crippen LogP contribution in [0.1, 0.15) is 30.1 Å². The Morgan fingerprint density at radius 2 is 2.14 bits per heavy atom. The molecule has 2 rings (SSSR count). The molecule has 0 saturated carbocycles. The number of rotatable bonds is 4. The zero-order valence-corrected chi connectivity index (χ0v) is 12.9. The molecule has 0 unspecified atom stereocenters. The predicted octanol–water partition coefficient (Wildman–Crippen LogP) is 1.72. The number of pyridine rings is 1. The minimum Gasteiger partial charge on any atom is -0.372 e. The number of nitrogens with one attached hydrogen (secondary N) is 2. The molecule has 1 aliphatic heterocycles. The van der Waals surface area contributed by atoms with Gasteiger partial charge in [-0.25, -0.2) is 9.37 Å². The van der Waals surface area contributed by atoms with Crippen molar-refractivity contribution in [2.75, 3.05) is 39.0 Å². The monoisotopic (exact) mass is 294 g/mol. The highest BCUT2D eigenvalue weighted by molar-refractivity contribution is 5.98. The standard InChI is InChI=1S/C15H23FN4O/c1-15(4-6-20(3)7-5-15)10-19-14(21)12-8-11(16)9-18-13(12)17-2/h8-9H,4-7,10H2,1-3H3,(H,17,18)(H,19,21). The maximum Gasteiger partial charge on any atom is 0.255 e. The minimum absolute atomic E-state index is 0.0999. The summed E-state index contributed by atoms with van der Waals surface area (Å²) in [6.07, 6.45) is 3.19. The third-order valence-corrected chi connectivity index (χ3v) is 4.21. The second-order valence-electron chi connectivity index (χ2n) is 6.10. The molecule has 0 spiro atoms. The van der Waals surface area contributed by atoms with E-state index < -0.39 is 5.82 Å². The number of carbonyl (C=O) groups is 1. The van der Waals surface area contributed by atoms with Crippen molar-refractivity contribution in [3.05, 3.63) is 23.6 Å². The van der Waals surface area contributed by atoms with E-state index >= 15 is 0 Å². The topological polar surface area (TPSA) is 57.3 Å². The van der Waals surface area contributed by atoms with Crippen LogP contribution in [0.3, 0.4) is 0 Å². The normalized spacial score (nSPS) is 18.3. The molecule has 1 aromatic heterocycles. The third kappa shape index (κ3) is 3.91. The lowest BCUT2D eigenvalue weighted by molar-refractivity contribution is 0.0891.